The second kappa shape index (κ2) is 9.24. The van der Waals surface area contributed by atoms with E-state index >= 15 is 8.78 Å². The van der Waals surface area contributed by atoms with Crippen LogP contribution >= 0.6 is 0 Å². The summed E-state index contributed by atoms with van der Waals surface area (Å²) in [6.07, 6.45) is 8.01. The summed E-state index contributed by atoms with van der Waals surface area (Å²) in [5, 5.41) is 11.1. The summed E-state index contributed by atoms with van der Waals surface area (Å²) in [5.74, 6) is -1.49. The van der Waals surface area contributed by atoms with E-state index in [1.807, 2.05) is 24.3 Å². The van der Waals surface area contributed by atoms with Gasteiger partial charge in [-0.15, -0.1) is 0 Å². The molecule has 2 saturated heterocycles. The average Bonchev–Trinajstić information content (AvgIpc) is 3.46. The van der Waals surface area contributed by atoms with E-state index < -0.39 is 17.7 Å². The lowest BCUT2D eigenvalue weighted by molar-refractivity contribution is 0.0284. The molecule has 0 aliphatic carbocycles. The highest BCUT2D eigenvalue weighted by Crippen LogP contribution is 2.37. The lowest BCUT2D eigenvalue weighted by Crippen LogP contribution is -2.48. The molecule has 7 rings (SSSR count). The van der Waals surface area contributed by atoms with Crippen LogP contribution in [-0.2, 0) is 6.42 Å². The van der Waals surface area contributed by atoms with Gasteiger partial charge in [0.05, 0.1) is 17.2 Å². The molecule has 2 aromatic carbocycles. The Morgan fingerprint density at radius 3 is 2.54 bits per heavy atom. The topological polar surface area (TPSA) is 70.7 Å². The Morgan fingerprint density at radius 1 is 0.949 bits per heavy atom. The lowest BCUT2D eigenvalue weighted by Gasteiger charge is -2.37. The molecule has 2 bridgehead atoms. The van der Waals surface area contributed by atoms with Crippen molar-refractivity contribution >= 4 is 22.5 Å². The third kappa shape index (κ3) is 4.15. The number of carbonyl (C=O) groups excluding carboxylic acids is 1. The van der Waals surface area contributed by atoms with Crippen molar-refractivity contribution in [3.05, 3.63) is 102 Å². The highest BCUT2D eigenvalue weighted by molar-refractivity contribution is 5.95. The number of rotatable bonds is 4. The fourth-order valence-electron chi connectivity index (χ4n) is 6.31. The van der Waals surface area contributed by atoms with Gasteiger partial charge in [0.25, 0.3) is 5.91 Å². The summed E-state index contributed by atoms with van der Waals surface area (Å²) >= 11 is 0. The molecule has 2 unspecified atom stereocenters. The monoisotopic (exact) mass is 524 g/mol. The van der Waals surface area contributed by atoms with E-state index in [9.17, 15) is 9.90 Å². The Balaban J connectivity index is 1.20. The smallest absolute Gasteiger partial charge is 0.257 e. The number of amides is 1. The number of halogens is 2. The van der Waals surface area contributed by atoms with Crippen molar-refractivity contribution in [3.63, 3.8) is 0 Å². The Hall–Kier alpha value is -4.17. The quantitative estimate of drug-likeness (QED) is 0.335. The normalized spacial score (nSPS) is 20.7. The number of aliphatic hydroxyl groups is 1. The van der Waals surface area contributed by atoms with Crippen LogP contribution in [-0.4, -0.2) is 48.5 Å². The zero-order valence-electron chi connectivity index (χ0n) is 21.1. The van der Waals surface area contributed by atoms with Gasteiger partial charge in [-0.3, -0.25) is 9.78 Å². The van der Waals surface area contributed by atoms with Crippen molar-refractivity contribution < 1.29 is 18.7 Å². The van der Waals surface area contributed by atoms with Gasteiger partial charge in [-0.2, -0.15) is 0 Å². The molecule has 2 aliphatic heterocycles. The molecule has 0 radical (unpaired) electrons. The summed E-state index contributed by atoms with van der Waals surface area (Å²) in [7, 11) is 0. The number of carbonyl (C=O) groups is 1. The van der Waals surface area contributed by atoms with Gasteiger partial charge in [0.15, 0.2) is 11.5 Å². The molecule has 8 heteroatoms. The van der Waals surface area contributed by atoms with Gasteiger partial charge in [-0.1, -0.05) is 18.2 Å². The van der Waals surface area contributed by atoms with Gasteiger partial charge in [0.2, 0.25) is 0 Å². The standard InChI is InChI=1S/C31H26F2N4O2/c32-27-12-19(4-7-26(27)31(39)37-22-5-6-23(37)15-25(38)14-22)21-13-28(33)30-35-16-24(36(30)17-21)11-18-3-8-29-20(10-18)2-1-9-34-29/h1-4,7-10,12-13,16-17,22-23,25,38H,5-6,11,14-15H2. The van der Waals surface area contributed by atoms with Crippen LogP contribution in [0.1, 0.15) is 47.3 Å². The fourth-order valence-corrected chi connectivity index (χ4v) is 6.31. The van der Waals surface area contributed by atoms with Gasteiger partial charge >= 0.3 is 0 Å². The van der Waals surface area contributed by atoms with Crippen molar-refractivity contribution in [2.45, 2.75) is 50.3 Å². The largest absolute Gasteiger partial charge is 0.393 e. The van der Waals surface area contributed by atoms with Crippen LogP contribution < -0.4 is 0 Å². The van der Waals surface area contributed by atoms with E-state index in [1.165, 1.54) is 18.2 Å². The molecule has 39 heavy (non-hydrogen) atoms. The van der Waals surface area contributed by atoms with Crippen LogP contribution in [0.25, 0.3) is 27.7 Å². The Bertz CT molecular complexity index is 1740. The number of hydrogen-bond acceptors (Lipinski definition) is 4. The number of nitrogens with zero attached hydrogens (tertiary/aromatic N) is 4. The zero-order chi connectivity index (χ0) is 26.7. The van der Waals surface area contributed by atoms with Crippen molar-refractivity contribution in [3.8, 4) is 11.1 Å². The molecule has 2 aliphatic rings. The number of imidazole rings is 1. The Labute approximate surface area is 223 Å². The molecule has 5 aromatic rings. The maximum atomic E-state index is 15.3. The third-order valence-corrected chi connectivity index (χ3v) is 8.17. The van der Waals surface area contributed by atoms with E-state index in [4.69, 9.17) is 0 Å². The van der Waals surface area contributed by atoms with Gasteiger partial charge in [-0.25, -0.2) is 13.8 Å². The number of hydrogen-bond donors (Lipinski definition) is 1. The number of pyridine rings is 2. The molecule has 1 amide bonds. The summed E-state index contributed by atoms with van der Waals surface area (Å²) in [4.78, 5) is 23.6. The predicted octanol–water partition coefficient (Wildman–Crippen LogP) is 5.55. The molecule has 0 saturated carbocycles. The predicted molar refractivity (Wildman–Crippen MR) is 143 cm³/mol. The van der Waals surface area contributed by atoms with Gasteiger partial charge < -0.3 is 14.4 Å². The van der Waals surface area contributed by atoms with E-state index in [0.29, 0.717) is 30.4 Å². The van der Waals surface area contributed by atoms with E-state index in [0.717, 1.165) is 35.0 Å². The summed E-state index contributed by atoms with van der Waals surface area (Å²) < 4.78 is 32.1. The minimum absolute atomic E-state index is 0.00250. The molecule has 2 fully saturated rings. The van der Waals surface area contributed by atoms with Crippen LogP contribution in [0.2, 0.25) is 0 Å². The third-order valence-electron chi connectivity index (χ3n) is 8.17. The fraction of sp³-hybridized carbons (Fsp3) is 0.258. The van der Waals surface area contributed by atoms with Gasteiger partial charge in [-0.05, 0) is 73.2 Å². The zero-order valence-corrected chi connectivity index (χ0v) is 21.1. The second-order valence-corrected chi connectivity index (χ2v) is 10.6. The summed E-state index contributed by atoms with van der Waals surface area (Å²) in [6.45, 7) is 0. The van der Waals surface area contributed by atoms with Crippen LogP contribution in [0.15, 0.2) is 73.2 Å². The number of aliphatic hydroxyl groups excluding tert-OH is 1. The van der Waals surface area contributed by atoms with E-state index in [1.54, 1.807) is 34.0 Å². The molecule has 196 valence electrons. The van der Waals surface area contributed by atoms with Crippen LogP contribution in [0.3, 0.4) is 0 Å². The number of fused-ring (bicyclic) bond motifs is 4. The van der Waals surface area contributed by atoms with Gasteiger partial charge in [0, 0.05) is 53.7 Å². The Morgan fingerprint density at radius 2 is 1.74 bits per heavy atom. The molecule has 0 spiro atoms. The minimum Gasteiger partial charge on any atom is -0.393 e. The average molecular weight is 525 g/mol. The highest BCUT2D eigenvalue weighted by atomic mass is 19.1. The number of benzene rings is 2. The first-order chi connectivity index (χ1) is 18.9. The maximum Gasteiger partial charge on any atom is 0.257 e. The Kier molecular flexibility index (Phi) is 5.66. The molecule has 6 nitrogen and oxygen atoms in total. The van der Waals surface area contributed by atoms with Gasteiger partial charge in [0.1, 0.15) is 5.82 Å². The molecule has 1 N–H and O–H groups in total. The summed E-state index contributed by atoms with van der Waals surface area (Å²) in [6, 6.07) is 15.6. The molecular formula is C31H26F2N4O2. The van der Waals surface area contributed by atoms with Crippen molar-refractivity contribution in [1.82, 2.24) is 19.3 Å². The summed E-state index contributed by atoms with van der Waals surface area (Å²) in [5.41, 5.74) is 3.90. The first kappa shape index (κ1) is 23.9. The SMILES string of the molecule is O=C(c1ccc(-c2cc(F)c3ncc(Cc4ccc5ncccc5c4)n3c2)cc1F)N1C2CCC1CC(O)C2. The number of aromatic nitrogens is 3. The molecular weight excluding hydrogens is 498 g/mol. The van der Waals surface area contributed by atoms with E-state index in [2.05, 4.69) is 16.0 Å². The van der Waals surface area contributed by atoms with Crippen molar-refractivity contribution in [2.75, 3.05) is 0 Å². The van der Waals surface area contributed by atoms with Crippen LogP contribution in [0, 0.1) is 11.6 Å². The van der Waals surface area contributed by atoms with Crippen LogP contribution in [0.5, 0.6) is 0 Å². The lowest BCUT2D eigenvalue weighted by atomic mass is 9.98. The van der Waals surface area contributed by atoms with Crippen molar-refractivity contribution in [1.29, 1.82) is 0 Å². The maximum absolute atomic E-state index is 15.3. The van der Waals surface area contributed by atoms with Crippen molar-refractivity contribution in [2.24, 2.45) is 0 Å². The molecule has 5 heterocycles. The second-order valence-electron chi connectivity index (χ2n) is 10.6. The molecule has 3 aromatic heterocycles. The molecule has 2 atom stereocenters. The highest BCUT2D eigenvalue weighted by Gasteiger charge is 2.43. The number of piperidine rings is 1. The van der Waals surface area contributed by atoms with Crippen LogP contribution in [0.4, 0.5) is 8.78 Å². The first-order valence-electron chi connectivity index (χ1n) is 13.2. The van der Waals surface area contributed by atoms with E-state index in [-0.39, 0.29) is 29.2 Å². The first-order valence-corrected chi connectivity index (χ1v) is 13.2. The minimum atomic E-state index is -0.640.